The van der Waals surface area contributed by atoms with Crippen LogP contribution < -0.4 is 5.32 Å². The minimum Gasteiger partial charge on any atom is -0.325 e. The van der Waals surface area contributed by atoms with E-state index in [2.05, 4.69) is 21.2 Å². The molecular formula is C15H8BrClFNO2. The quantitative estimate of drug-likeness (QED) is 0.815. The van der Waals surface area contributed by atoms with Gasteiger partial charge in [-0.1, -0.05) is 11.6 Å². The molecule has 0 aliphatic carbocycles. The van der Waals surface area contributed by atoms with Crippen molar-refractivity contribution in [1.82, 2.24) is 0 Å². The molecule has 1 aliphatic rings. The number of nitrogens with one attached hydrogen (secondary N) is 1. The average Bonchev–Trinajstić information content (AvgIpc) is 2.79. The highest BCUT2D eigenvalue weighted by Gasteiger charge is 2.22. The van der Waals surface area contributed by atoms with Gasteiger partial charge < -0.3 is 5.32 Å². The molecule has 0 saturated carbocycles. The Balaban J connectivity index is 2.04. The van der Waals surface area contributed by atoms with Crippen LogP contribution >= 0.6 is 27.5 Å². The van der Waals surface area contributed by atoms with Crippen molar-refractivity contribution in [1.29, 1.82) is 0 Å². The SMILES string of the molecule is O=C1Cc2cc(C(=O)c3ccc(Br)c(F)c3)c(Cl)cc2N1. The third-order valence-electron chi connectivity index (χ3n) is 3.24. The van der Waals surface area contributed by atoms with Gasteiger partial charge >= 0.3 is 0 Å². The van der Waals surface area contributed by atoms with Crippen molar-refractivity contribution in [3.8, 4) is 0 Å². The summed E-state index contributed by atoms with van der Waals surface area (Å²) in [7, 11) is 0. The lowest BCUT2D eigenvalue weighted by atomic mass is 10.00. The second-order valence-corrected chi connectivity index (χ2v) is 5.93. The summed E-state index contributed by atoms with van der Waals surface area (Å²) < 4.78 is 13.8. The van der Waals surface area contributed by atoms with Crippen LogP contribution in [0.15, 0.2) is 34.8 Å². The third kappa shape index (κ3) is 2.59. The first kappa shape index (κ1) is 14.2. The molecule has 0 bridgehead atoms. The summed E-state index contributed by atoms with van der Waals surface area (Å²) in [4.78, 5) is 23.8. The number of amides is 1. The van der Waals surface area contributed by atoms with Crippen LogP contribution in [0.3, 0.4) is 0 Å². The summed E-state index contributed by atoms with van der Waals surface area (Å²) in [5, 5.41) is 2.89. The normalized spacial score (nSPS) is 13.0. The van der Waals surface area contributed by atoms with E-state index < -0.39 is 5.82 Å². The molecule has 0 radical (unpaired) electrons. The van der Waals surface area contributed by atoms with Gasteiger partial charge in [-0.15, -0.1) is 0 Å². The van der Waals surface area contributed by atoms with Crippen LogP contribution in [0.25, 0.3) is 0 Å². The van der Waals surface area contributed by atoms with Gasteiger partial charge in [-0.3, -0.25) is 9.59 Å². The highest BCUT2D eigenvalue weighted by Crippen LogP contribution is 2.31. The van der Waals surface area contributed by atoms with Crippen molar-refractivity contribution < 1.29 is 14.0 Å². The Morgan fingerprint density at radius 3 is 2.76 bits per heavy atom. The van der Waals surface area contributed by atoms with E-state index in [0.717, 1.165) is 6.07 Å². The van der Waals surface area contributed by atoms with Crippen LogP contribution in [0, 0.1) is 5.82 Å². The third-order valence-corrected chi connectivity index (χ3v) is 4.20. The smallest absolute Gasteiger partial charge is 0.228 e. The first-order valence-electron chi connectivity index (χ1n) is 6.08. The standard InChI is InChI=1S/C15H8BrClFNO2/c16-10-2-1-7(4-12(10)18)15(21)9-3-8-5-14(20)19-13(8)6-11(9)17/h1-4,6H,5H2,(H,19,20). The molecule has 2 aromatic rings. The van der Waals surface area contributed by atoms with Crippen molar-refractivity contribution in [2.24, 2.45) is 0 Å². The van der Waals surface area contributed by atoms with Gasteiger partial charge in [-0.25, -0.2) is 4.39 Å². The summed E-state index contributed by atoms with van der Waals surface area (Å²) in [6, 6.07) is 7.26. The number of ketones is 1. The van der Waals surface area contributed by atoms with Gasteiger partial charge in [-0.2, -0.15) is 0 Å². The first-order valence-corrected chi connectivity index (χ1v) is 7.25. The molecule has 0 fully saturated rings. The molecule has 0 spiro atoms. The second kappa shape index (κ2) is 5.24. The molecule has 1 heterocycles. The topological polar surface area (TPSA) is 46.2 Å². The molecule has 106 valence electrons. The zero-order chi connectivity index (χ0) is 15.1. The summed E-state index contributed by atoms with van der Waals surface area (Å²) in [5.41, 5.74) is 1.79. The Kier molecular flexibility index (Phi) is 3.55. The van der Waals surface area contributed by atoms with E-state index in [0.29, 0.717) is 11.3 Å². The Bertz CT molecular complexity index is 791. The molecule has 2 aromatic carbocycles. The molecule has 0 saturated heterocycles. The predicted molar refractivity (Wildman–Crippen MR) is 81.3 cm³/mol. The van der Waals surface area contributed by atoms with E-state index in [1.807, 2.05) is 0 Å². The molecule has 21 heavy (non-hydrogen) atoms. The number of benzene rings is 2. The number of hydrogen-bond acceptors (Lipinski definition) is 2. The Morgan fingerprint density at radius 1 is 1.29 bits per heavy atom. The van der Waals surface area contributed by atoms with Gasteiger partial charge in [0.2, 0.25) is 5.91 Å². The van der Waals surface area contributed by atoms with E-state index in [9.17, 15) is 14.0 Å². The molecule has 0 aromatic heterocycles. The molecule has 1 aliphatic heterocycles. The van der Waals surface area contributed by atoms with Crippen molar-refractivity contribution in [2.45, 2.75) is 6.42 Å². The van der Waals surface area contributed by atoms with Crippen LogP contribution in [0.5, 0.6) is 0 Å². The fourth-order valence-electron chi connectivity index (χ4n) is 2.21. The van der Waals surface area contributed by atoms with Crippen LogP contribution in [0.2, 0.25) is 5.02 Å². The number of anilines is 1. The van der Waals surface area contributed by atoms with Gasteiger partial charge in [0.15, 0.2) is 5.78 Å². The summed E-state index contributed by atoms with van der Waals surface area (Å²) in [6.07, 6.45) is 0.210. The van der Waals surface area contributed by atoms with Crippen LogP contribution in [-0.4, -0.2) is 11.7 Å². The van der Waals surface area contributed by atoms with Crippen LogP contribution in [0.4, 0.5) is 10.1 Å². The molecule has 3 nitrogen and oxygen atoms in total. The molecular weight excluding hydrogens is 361 g/mol. The van der Waals surface area contributed by atoms with Crippen LogP contribution in [0.1, 0.15) is 21.5 Å². The Hall–Kier alpha value is -1.72. The maximum Gasteiger partial charge on any atom is 0.228 e. The summed E-state index contributed by atoms with van der Waals surface area (Å²) in [5.74, 6) is -1.04. The lowest BCUT2D eigenvalue weighted by molar-refractivity contribution is -0.115. The number of carbonyl (C=O) groups is 2. The van der Waals surface area contributed by atoms with Gasteiger partial charge in [0.05, 0.1) is 15.9 Å². The monoisotopic (exact) mass is 367 g/mol. The van der Waals surface area contributed by atoms with Gasteiger partial charge in [0, 0.05) is 16.8 Å². The fraction of sp³-hybridized carbons (Fsp3) is 0.0667. The number of rotatable bonds is 2. The highest BCUT2D eigenvalue weighted by molar-refractivity contribution is 9.10. The van der Waals surface area contributed by atoms with Gasteiger partial charge in [0.25, 0.3) is 0 Å². The van der Waals surface area contributed by atoms with Gasteiger partial charge in [-0.05, 0) is 51.8 Å². The van der Waals surface area contributed by atoms with Crippen LogP contribution in [-0.2, 0) is 11.2 Å². The lowest BCUT2D eigenvalue weighted by Gasteiger charge is -2.07. The summed E-state index contributed by atoms with van der Waals surface area (Å²) in [6.45, 7) is 0. The maximum absolute atomic E-state index is 13.5. The van der Waals surface area contributed by atoms with Crippen molar-refractivity contribution in [3.05, 3.63) is 62.3 Å². The minimum absolute atomic E-state index is 0.139. The number of fused-ring (bicyclic) bond motifs is 1. The molecule has 1 N–H and O–H groups in total. The molecule has 3 rings (SSSR count). The lowest BCUT2D eigenvalue weighted by Crippen LogP contribution is -2.04. The highest BCUT2D eigenvalue weighted by atomic mass is 79.9. The zero-order valence-corrected chi connectivity index (χ0v) is 12.9. The van der Waals surface area contributed by atoms with E-state index in [-0.39, 0.29) is 38.7 Å². The average molecular weight is 369 g/mol. The van der Waals surface area contributed by atoms with Crippen molar-refractivity contribution in [3.63, 3.8) is 0 Å². The van der Waals surface area contributed by atoms with Crippen molar-refractivity contribution in [2.75, 3.05) is 5.32 Å². The molecule has 1 amide bonds. The largest absolute Gasteiger partial charge is 0.325 e. The maximum atomic E-state index is 13.5. The van der Waals surface area contributed by atoms with E-state index in [1.165, 1.54) is 12.1 Å². The molecule has 6 heteroatoms. The number of carbonyl (C=O) groups excluding carboxylic acids is 2. The first-order chi connectivity index (χ1) is 9.95. The van der Waals surface area contributed by atoms with Gasteiger partial charge in [0.1, 0.15) is 5.82 Å². The zero-order valence-electron chi connectivity index (χ0n) is 10.5. The Morgan fingerprint density at radius 2 is 2.05 bits per heavy atom. The fourth-order valence-corrected chi connectivity index (χ4v) is 2.71. The number of halogens is 3. The number of hydrogen-bond donors (Lipinski definition) is 1. The Labute approximate surface area is 133 Å². The van der Waals surface area contributed by atoms with E-state index in [1.54, 1.807) is 12.1 Å². The van der Waals surface area contributed by atoms with Crippen molar-refractivity contribution >= 4 is 44.9 Å². The summed E-state index contributed by atoms with van der Waals surface area (Å²) >= 11 is 9.13. The minimum atomic E-state index is -0.519. The van der Waals surface area contributed by atoms with E-state index >= 15 is 0 Å². The molecule has 0 atom stereocenters. The second-order valence-electron chi connectivity index (χ2n) is 4.67. The molecule has 0 unspecified atom stereocenters. The predicted octanol–water partition coefficient (Wildman–Crippen LogP) is 3.97. The van der Waals surface area contributed by atoms with E-state index in [4.69, 9.17) is 11.6 Å².